The van der Waals surface area contributed by atoms with Gasteiger partial charge in [0.05, 0.1) is 31.1 Å². The summed E-state index contributed by atoms with van der Waals surface area (Å²) in [6.45, 7) is 3.13. The molecular weight excluding hydrogens is 426 g/mol. The first kappa shape index (κ1) is 22.2. The maximum Gasteiger partial charge on any atom is 0.238 e. The number of aromatic nitrogens is 2. The molecule has 0 bridgehead atoms. The number of amides is 2. The van der Waals surface area contributed by atoms with E-state index >= 15 is 0 Å². The largest absolute Gasteiger partial charge is 0.497 e. The van der Waals surface area contributed by atoms with E-state index in [1.54, 1.807) is 7.11 Å². The summed E-state index contributed by atoms with van der Waals surface area (Å²) in [5, 5.41) is 2.95. The van der Waals surface area contributed by atoms with Crippen LogP contribution in [0.2, 0.25) is 0 Å². The van der Waals surface area contributed by atoms with E-state index in [1.165, 1.54) is 0 Å². The normalized spacial score (nSPS) is 14.8. The summed E-state index contributed by atoms with van der Waals surface area (Å²) in [6.07, 6.45) is 2.05. The van der Waals surface area contributed by atoms with Gasteiger partial charge in [0.2, 0.25) is 11.8 Å². The van der Waals surface area contributed by atoms with Crippen molar-refractivity contribution in [1.29, 1.82) is 0 Å². The number of anilines is 1. The van der Waals surface area contributed by atoms with Gasteiger partial charge in [-0.25, -0.2) is 0 Å². The Balaban J connectivity index is 1.24. The molecule has 0 spiro atoms. The number of rotatable bonds is 7. The van der Waals surface area contributed by atoms with Gasteiger partial charge in [-0.3, -0.25) is 14.5 Å². The van der Waals surface area contributed by atoms with Crippen LogP contribution >= 0.6 is 11.7 Å². The molecule has 8 nitrogen and oxygen atoms in total. The molecule has 1 N–H and O–H groups in total. The van der Waals surface area contributed by atoms with Gasteiger partial charge in [0, 0.05) is 32.6 Å². The Bertz CT molecular complexity index is 1070. The van der Waals surface area contributed by atoms with Crippen LogP contribution in [0.15, 0.2) is 42.5 Å². The van der Waals surface area contributed by atoms with E-state index in [2.05, 4.69) is 19.0 Å². The fourth-order valence-corrected chi connectivity index (χ4v) is 4.43. The molecule has 2 heterocycles. The maximum atomic E-state index is 12.7. The van der Waals surface area contributed by atoms with Crippen molar-refractivity contribution in [1.82, 2.24) is 18.5 Å². The number of fused-ring (bicyclic) bond motifs is 1. The average Bonchev–Trinajstić information content (AvgIpc) is 3.18. The Morgan fingerprint density at radius 1 is 1.06 bits per heavy atom. The zero-order valence-corrected chi connectivity index (χ0v) is 18.9. The number of nitrogens with one attached hydrogen (secondary N) is 1. The Kier molecular flexibility index (Phi) is 7.28. The lowest BCUT2D eigenvalue weighted by Gasteiger charge is -2.22. The van der Waals surface area contributed by atoms with E-state index in [9.17, 15) is 9.59 Å². The van der Waals surface area contributed by atoms with Gasteiger partial charge in [-0.1, -0.05) is 18.2 Å². The van der Waals surface area contributed by atoms with Crippen molar-refractivity contribution in [3.63, 3.8) is 0 Å². The fourth-order valence-electron chi connectivity index (χ4n) is 3.88. The topological polar surface area (TPSA) is 87.7 Å². The van der Waals surface area contributed by atoms with Crippen molar-refractivity contribution in [2.24, 2.45) is 0 Å². The SMILES string of the molecule is COc1ccc(CCC(=O)N2CCCN(CC(=O)Nc3cccc4nsnc34)CC2)cc1. The molecule has 4 rings (SSSR count). The maximum absolute atomic E-state index is 12.7. The number of ether oxygens (including phenoxy) is 1. The van der Waals surface area contributed by atoms with Crippen LogP contribution < -0.4 is 10.1 Å². The van der Waals surface area contributed by atoms with Crippen molar-refractivity contribution < 1.29 is 14.3 Å². The predicted molar refractivity (Wildman–Crippen MR) is 125 cm³/mol. The molecule has 0 radical (unpaired) electrons. The number of aryl methyl sites for hydroxylation is 1. The van der Waals surface area contributed by atoms with Crippen LogP contribution in [-0.4, -0.2) is 70.2 Å². The summed E-state index contributed by atoms with van der Waals surface area (Å²) in [5.74, 6) is 0.899. The molecule has 32 heavy (non-hydrogen) atoms. The van der Waals surface area contributed by atoms with Crippen LogP contribution in [0.5, 0.6) is 5.75 Å². The van der Waals surface area contributed by atoms with Gasteiger partial charge < -0.3 is 15.0 Å². The van der Waals surface area contributed by atoms with Crippen molar-refractivity contribution in [3.8, 4) is 5.75 Å². The number of hydrogen-bond acceptors (Lipinski definition) is 7. The highest BCUT2D eigenvalue weighted by Gasteiger charge is 2.21. The van der Waals surface area contributed by atoms with Gasteiger partial charge in [0.1, 0.15) is 16.8 Å². The zero-order chi connectivity index (χ0) is 22.3. The van der Waals surface area contributed by atoms with E-state index in [0.717, 1.165) is 53.6 Å². The Morgan fingerprint density at radius 2 is 1.91 bits per heavy atom. The number of carbonyl (C=O) groups is 2. The third-order valence-electron chi connectivity index (χ3n) is 5.66. The van der Waals surface area contributed by atoms with Crippen LogP contribution in [0.25, 0.3) is 11.0 Å². The smallest absolute Gasteiger partial charge is 0.238 e. The van der Waals surface area contributed by atoms with Crippen LogP contribution in [0, 0.1) is 0 Å². The number of methoxy groups -OCH3 is 1. The minimum Gasteiger partial charge on any atom is -0.497 e. The van der Waals surface area contributed by atoms with Gasteiger partial charge in [0.25, 0.3) is 0 Å². The summed E-state index contributed by atoms with van der Waals surface area (Å²) in [5.41, 5.74) is 3.31. The molecule has 0 unspecified atom stereocenters. The van der Waals surface area contributed by atoms with Crippen LogP contribution in [0.4, 0.5) is 5.69 Å². The van der Waals surface area contributed by atoms with E-state index in [0.29, 0.717) is 38.2 Å². The molecule has 9 heteroatoms. The third kappa shape index (κ3) is 5.60. The van der Waals surface area contributed by atoms with Gasteiger partial charge in [-0.2, -0.15) is 8.75 Å². The van der Waals surface area contributed by atoms with E-state index in [4.69, 9.17) is 4.74 Å². The molecule has 168 valence electrons. The predicted octanol–water partition coefficient (Wildman–Crippen LogP) is 2.81. The molecule has 1 aliphatic rings. The quantitative estimate of drug-likeness (QED) is 0.592. The lowest BCUT2D eigenvalue weighted by molar-refractivity contribution is -0.131. The number of benzene rings is 2. The molecule has 1 fully saturated rings. The van der Waals surface area contributed by atoms with Gasteiger partial charge in [-0.15, -0.1) is 0 Å². The van der Waals surface area contributed by atoms with Crippen molar-refractivity contribution in [2.45, 2.75) is 19.3 Å². The molecule has 2 amide bonds. The molecular formula is C23H27N5O3S. The Labute approximate surface area is 191 Å². The van der Waals surface area contributed by atoms with Crippen LogP contribution in [0.3, 0.4) is 0 Å². The van der Waals surface area contributed by atoms with E-state index < -0.39 is 0 Å². The van der Waals surface area contributed by atoms with E-state index in [-0.39, 0.29) is 11.8 Å². The Morgan fingerprint density at radius 3 is 2.72 bits per heavy atom. The minimum absolute atomic E-state index is 0.0789. The molecule has 0 aliphatic carbocycles. The molecule has 1 aliphatic heterocycles. The summed E-state index contributed by atoms with van der Waals surface area (Å²) in [6, 6.07) is 13.4. The second-order valence-electron chi connectivity index (χ2n) is 7.84. The lowest BCUT2D eigenvalue weighted by atomic mass is 10.1. The standard InChI is InChI=1S/C23H27N5O3S/c1-31-18-9-6-17(7-10-18)8-11-22(30)28-13-3-12-27(14-15-28)16-21(29)24-19-4-2-5-20-23(19)26-32-25-20/h2,4-7,9-10H,3,8,11-16H2,1H3,(H,24,29). The number of nitrogens with zero attached hydrogens (tertiary/aromatic N) is 4. The van der Waals surface area contributed by atoms with Crippen molar-refractivity contribution >= 4 is 40.3 Å². The number of hydrogen-bond donors (Lipinski definition) is 1. The molecule has 2 aromatic carbocycles. The first-order valence-electron chi connectivity index (χ1n) is 10.8. The van der Waals surface area contributed by atoms with Crippen molar-refractivity contribution in [2.75, 3.05) is 45.2 Å². The van der Waals surface area contributed by atoms with Gasteiger partial charge >= 0.3 is 0 Å². The van der Waals surface area contributed by atoms with Gasteiger partial charge in [-0.05, 0) is 42.7 Å². The van der Waals surface area contributed by atoms with Gasteiger partial charge in [0.15, 0.2) is 0 Å². The van der Waals surface area contributed by atoms with E-state index in [1.807, 2.05) is 47.4 Å². The second-order valence-corrected chi connectivity index (χ2v) is 8.37. The highest BCUT2D eigenvalue weighted by Crippen LogP contribution is 2.21. The fraction of sp³-hybridized carbons (Fsp3) is 0.391. The molecule has 1 saturated heterocycles. The Hall–Kier alpha value is -3.04. The minimum atomic E-state index is -0.0789. The highest BCUT2D eigenvalue weighted by molar-refractivity contribution is 7.00. The van der Waals surface area contributed by atoms with Crippen LogP contribution in [-0.2, 0) is 16.0 Å². The third-order valence-corrected chi connectivity index (χ3v) is 6.20. The summed E-state index contributed by atoms with van der Waals surface area (Å²) in [4.78, 5) is 29.3. The first-order valence-corrected chi connectivity index (χ1v) is 11.5. The number of carbonyl (C=O) groups excluding carboxylic acids is 2. The molecule has 0 atom stereocenters. The monoisotopic (exact) mass is 453 g/mol. The molecule has 1 aromatic heterocycles. The first-order chi connectivity index (χ1) is 15.6. The highest BCUT2D eigenvalue weighted by atomic mass is 32.1. The summed E-state index contributed by atoms with van der Waals surface area (Å²) < 4.78 is 13.6. The summed E-state index contributed by atoms with van der Waals surface area (Å²) in [7, 11) is 1.64. The average molecular weight is 454 g/mol. The zero-order valence-electron chi connectivity index (χ0n) is 18.1. The van der Waals surface area contributed by atoms with Crippen LogP contribution in [0.1, 0.15) is 18.4 Å². The lowest BCUT2D eigenvalue weighted by Crippen LogP contribution is -2.38. The molecule has 3 aromatic rings. The van der Waals surface area contributed by atoms with Crippen molar-refractivity contribution in [3.05, 3.63) is 48.0 Å². The summed E-state index contributed by atoms with van der Waals surface area (Å²) >= 11 is 1.13. The second kappa shape index (κ2) is 10.5. The molecule has 0 saturated carbocycles.